The lowest BCUT2D eigenvalue weighted by Crippen LogP contribution is -2.16. The summed E-state index contributed by atoms with van der Waals surface area (Å²) < 4.78 is 15.3. The third-order valence-electron chi connectivity index (χ3n) is 3.40. The number of hydrogen-bond donors (Lipinski definition) is 1. The van der Waals surface area contributed by atoms with Crippen molar-refractivity contribution in [2.45, 2.75) is 44.3 Å². The van der Waals surface area contributed by atoms with Gasteiger partial charge in [-0.05, 0) is 25.7 Å². The van der Waals surface area contributed by atoms with Gasteiger partial charge in [0.25, 0.3) is 0 Å². The average molecular weight is 312 g/mol. The molecule has 22 heavy (non-hydrogen) atoms. The summed E-state index contributed by atoms with van der Waals surface area (Å²) in [5.41, 5.74) is 0.247. The van der Waals surface area contributed by atoms with E-state index in [1.54, 1.807) is 0 Å². The molecule has 6 nitrogen and oxygen atoms in total. The highest BCUT2D eigenvalue weighted by Gasteiger charge is 2.18. The van der Waals surface area contributed by atoms with Crippen LogP contribution in [0.15, 0.2) is 24.8 Å². The topological polar surface area (TPSA) is 82.1 Å². The molecule has 2 atom stereocenters. The largest absolute Gasteiger partial charge is 0.478 e. The van der Waals surface area contributed by atoms with E-state index in [1.165, 1.54) is 0 Å². The molecule has 2 aliphatic rings. The van der Waals surface area contributed by atoms with Gasteiger partial charge in [0.1, 0.15) is 6.61 Å². The van der Waals surface area contributed by atoms with E-state index < -0.39 is 5.97 Å². The highest BCUT2D eigenvalue weighted by atomic mass is 16.6. The van der Waals surface area contributed by atoms with Crippen LogP contribution in [0.4, 0.5) is 0 Å². The lowest BCUT2D eigenvalue weighted by Gasteiger charge is -2.07. The minimum Gasteiger partial charge on any atom is -0.478 e. The molecule has 2 aliphatic heterocycles. The monoisotopic (exact) mass is 312 g/mol. The molecule has 6 heteroatoms. The fourth-order valence-electron chi connectivity index (χ4n) is 2.18. The van der Waals surface area contributed by atoms with Crippen LogP contribution >= 0.6 is 0 Å². The number of carboxylic acids is 1. The Balaban J connectivity index is 0.000000220. The van der Waals surface area contributed by atoms with Crippen molar-refractivity contribution in [2.24, 2.45) is 0 Å². The molecule has 124 valence electrons. The highest BCUT2D eigenvalue weighted by Crippen LogP contribution is 2.18. The van der Waals surface area contributed by atoms with Gasteiger partial charge in [-0.15, -0.1) is 0 Å². The van der Waals surface area contributed by atoms with E-state index in [4.69, 9.17) is 19.3 Å². The molecule has 2 saturated heterocycles. The van der Waals surface area contributed by atoms with Crippen molar-refractivity contribution in [3.8, 4) is 0 Å². The first-order valence-corrected chi connectivity index (χ1v) is 7.46. The zero-order chi connectivity index (χ0) is 16.4. The van der Waals surface area contributed by atoms with Crippen LogP contribution in [0.3, 0.4) is 0 Å². The van der Waals surface area contributed by atoms with Gasteiger partial charge >= 0.3 is 11.9 Å². The van der Waals surface area contributed by atoms with Gasteiger partial charge in [0, 0.05) is 31.3 Å². The van der Waals surface area contributed by atoms with E-state index in [0.717, 1.165) is 45.0 Å². The average Bonchev–Trinajstić information content (AvgIpc) is 3.18. The number of carbonyl (C=O) groups is 2. The molecular weight excluding hydrogens is 288 g/mol. The molecule has 2 unspecified atom stereocenters. The Morgan fingerprint density at radius 3 is 2.23 bits per heavy atom. The molecule has 0 saturated carbocycles. The fourth-order valence-corrected chi connectivity index (χ4v) is 2.18. The molecule has 2 fully saturated rings. The highest BCUT2D eigenvalue weighted by molar-refractivity contribution is 5.85. The van der Waals surface area contributed by atoms with Crippen molar-refractivity contribution < 1.29 is 28.9 Å². The van der Waals surface area contributed by atoms with Gasteiger partial charge < -0.3 is 19.3 Å². The maximum atomic E-state index is 10.6. The van der Waals surface area contributed by atoms with Crippen LogP contribution < -0.4 is 0 Å². The zero-order valence-corrected chi connectivity index (χ0v) is 12.8. The number of hydrogen-bond acceptors (Lipinski definition) is 5. The van der Waals surface area contributed by atoms with Crippen LogP contribution in [0.5, 0.6) is 0 Å². The molecule has 2 rings (SSSR count). The van der Waals surface area contributed by atoms with Crippen molar-refractivity contribution in [1.29, 1.82) is 0 Å². The Labute approximate surface area is 130 Å². The second-order valence-corrected chi connectivity index (χ2v) is 5.22. The van der Waals surface area contributed by atoms with Crippen LogP contribution in [-0.4, -0.2) is 49.1 Å². The van der Waals surface area contributed by atoms with Gasteiger partial charge in [0.05, 0.1) is 12.2 Å². The van der Waals surface area contributed by atoms with Gasteiger partial charge in [-0.3, -0.25) is 0 Å². The number of carboxylic acid groups (broad SMARTS) is 1. The molecule has 1 N–H and O–H groups in total. The molecule has 2 heterocycles. The van der Waals surface area contributed by atoms with Gasteiger partial charge in [0.2, 0.25) is 0 Å². The number of aliphatic carboxylic acids is 1. The van der Waals surface area contributed by atoms with E-state index in [9.17, 15) is 9.59 Å². The third-order valence-corrected chi connectivity index (χ3v) is 3.40. The minimum absolute atomic E-state index is 0.0959. The number of carbonyl (C=O) groups excluding carboxylic acids is 1. The minimum atomic E-state index is -0.916. The summed E-state index contributed by atoms with van der Waals surface area (Å²) in [5, 5.41) is 8.49. The molecule has 0 aromatic rings. The van der Waals surface area contributed by atoms with Gasteiger partial charge in [-0.1, -0.05) is 13.2 Å². The van der Waals surface area contributed by atoms with Crippen molar-refractivity contribution in [3.63, 3.8) is 0 Å². The first-order chi connectivity index (χ1) is 10.5. The van der Waals surface area contributed by atoms with E-state index in [-0.39, 0.29) is 23.8 Å². The quantitative estimate of drug-likeness (QED) is 0.597. The van der Waals surface area contributed by atoms with E-state index in [1.807, 2.05) is 0 Å². The first kappa shape index (κ1) is 18.4. The number of esters is 1. The van der Waals surface area contributed by atoms with E-state index >= 15 is 0 Å². The third kappa shape index (κ3) is 7.38. The predicted molar refractivity (Wildman–Crippen MR) is 80.5 cm³/mol. The Morgan fingerprint density at radius 2 is 1.77 bits per heavy atom. The normalized spacial score (nSPS) is 23.3. The fraction of sp³-hybridized carbons (Fsp3) is 0.625. The number of ether oxygens (including phenoxy) is 3. The van der Waals surface area contributed by atoms with Crippen LogP contribution in [0.2, 0.25) is 0 Å². The molecule has 0 amide bonds. The van der Waals surface area contributed by atoms with Crippen LogP contribution in [0.25, 0.3) is 0 Å². The smallest absolute Gasteiger partial charge is 0.331 e. The van der Waals surface area contributed by atoms with E-state index in [0.29, 0.717) is 13.0 Å². The van der Waals surface area contributed by atoms with Crippen molar-refractivity contribution >= 4 is 11.9 Å². The van der Waals surface area contributed by atoms with E-state index in [2.05, 4.69) is 13.2 Å². The summed E-state index contributed by atoms with van der Waals surface area (Å²) in [7, 11) is 0. The summed E-state index contributed by atoms with van der Waals surface area (Å²) in [5.74, 6) is -1.29. The summed E-state index contributed by atoms with van der Waals surface area (Å²) >= 11 is 0. The van der Waals surface area contributed by atoms with Crippen molar-refractivity contribution in [2.75, 3.05) is 19.8 Å². The van der Waals surface area contributed by atoms with Gasteiger partial charge in [0.15, 0.2) is 0 Å². The predicted octanol–water partition coefficient (Wildman–Crippen LogP) is 2.09. The standard InChI is InChI=1S/2C8H12O3/c1-6(8(9)10)5-7-3-2-4-11-7;1-2-8(9)11-6-7-4-3-5-10-7/h7H,1-5H2,(H,9,10);2,7H,1,3-6H2. The van der Waals surface area contributed by atoms with Crippen LogP contribution in [-0.2, 0) is 23.8 Å². The maximum absolute atomic E-state index is 10.6. The maximum Gasteiger partial charge on any atom is 0.331 e. The van der Waals surface area contributed by atoms with Gasteiger partial charge in [-0.2, -0.15) is 0 Å². The zero-order valence-electron chi connectivity index (χ0n) is 12.8. The summed E-state index contributed by atoms with van der Waals surface area (Å²) in [6.07, 6.45) is 5.90. The molecular formula is C16H24O6. The van der Waals surface area contributed by atoms with Crippen LogP contribution in [0.1, 0.15) is 32.1 Å². The summed E-state index contributed by atoms with van der Waals surface area (Å²) in [6, 6.07) is 0. The SMILES string of the molecule is C=C(CC1CCCO1)C(=O)O.C=CC(=O)OCC1CCCO1. The molecule has 0 aromatic carbocycles. The van der Waals surface area contributed by atoms with Crippen LogP contribution in [0, 0.1) is 0 Å². The Kier molecular flexibility index (Phi) is 8.47. The molecule has 0 aliphatic carbocycles. The molecule has 0 spiro atoms. The summed E-state index contributed by atoms with van der Waals surface area (Å²) in [4.78, 5) is 20.9. The van der Waals surface area contributed by atoms with Crippen molar-refractivity contribution in [1.82, 2.24) is 0 Å². The summed E-state index contributed by atoms with van der Waals surface area (Å²) in [6.45, 7) is 8.64. The first-order valence-electron chi connectivity index (χ1n) is 7.46. The van der Waals surface area contributed by atoms with Gasteiger partial charge in [-0.25, -0.2) is 9.59 Å². The molecule has 0 bridgehead atoms. The Morgan fingerprint density at radius 1 is 1.18 bits per heavy atom. The molecule has 0 radical (unpaired) electrons. The number of rotatable bonds is 6. The lowest BCUT2D eigenvalue weighted by molar-refractivity contribution is -0.141. The van der Waals surface area contributed by atoms with Crippen molar-refractivity contribution in [3.05, 3.63) is 24.8 Å². The molecule has 0 aromatic heterocycles. The second kappa shape index (κ2) is 10.1. The lowest BCUT2D eigenvalue weighted by atomic mass is 10.1. The Hall–Kier alpha value is -1.66. The second-order valence-electron chi connectivity index (χ2n) is 5.22. The Bertz CT molecular complexity index is 389.